The van der Waals surface area contributed by atoms with E-state index in [1.165, 1.54) is 0 Å². The van der Waals surface area contributed by atoms with Crippen LogP contribution in [0.15, 0.2) is 30.3 Å². The largest absolute Gasteiger partial charge is 0.459 e. The molecule has 2 fully saturated rings. The molecule has 2 heterocycles. The zero-order valence-corrected chi connectivity index (χ0v) is 24.5. The standard InChI is InChI=1S/C29H48O7Si/c1-6-37(7-2,8-3)36-26-17-24-15-12-16-25(33-22-32-21-23-13-10-9-11-14-23)18-28(4,5)35-27(30)20-29(31,19-26)34-24/h9-11,13-14,24-26,31H,6-8,12,15-22H2,1-5H3/t24-,25-,26+,29-/m0/s1. The van der Waals surface area contributed by atoms with Gasteiger partial charge in [0.1, 0.15) is 12.4 Å². The van der Waals surface area contributed by atoms with Gasteiger partial charge in [-0.1, -0.05) is 51.1 Å². The van der Waals surface area contributed by atoms with Gasteiger partial charge in [0, 0.05) is 12.8 Å². The second-order valence-corrected chi connectivity index (χ2v) is 16.1. The number of ether oxygens (including phenoxy) is 4. The number of cyclic esters (lactones) is 1. The molecule has 0 radical (unpaired) electrons. The van der Waals surface area contributed by atoms with Crippen LogP contribution in [-0.4, -0.2) is 55.9 Å². The Morgan fingerprint density at radius 3 is 2.41 bits per heavy atom. The van der Waals surface area contributed by atoms with Gasteiger partial charge in [0.15, 0.2) is 14.1 Å². The molecule has 4 atom stereocenters. The lowest BCUT2D eigenvalue weighted by molar-refractivity contribution is -0.276. The van der Waals surface area contributed by atoms with E-state index in [1.54, 1.807) is 0 Å². The number of hydrogen-bond acceptors (Lipinski definition) is 7. The van der Waals surface area contributed by atoms with Crippen LogP contribution in [-0.2, 0) is 34.8 Å². The van der Waals surface area contributed by atoms with Crippen molar-refractivity contribution >= 4 is 14.3 Å². The number of fused-ring (bicyclic) bond motifs is 2. The van der Waals surface area contributed by atoms with Crippen LogP contribution in [0, 0.1) is 0 Å². The third-order valence-electron chi connectivity index (χ3n) is 7.89. The highest BCUT2D eigenvalue weighted by atomic mass is 28.4. The van der Waals surface area contributed by atoms with Crippen molar-refractivity contribution in [2.24, 2.45) is 0 Å². The van der Waals surface area contributed by atoms with E-state index in [0.29, 0.717) is 19.4 Å². The molecule has 0 aliphatic carbocycles. The number of carbonyl (C=O) groups is 1. The van der Waals surface area contributed by atoms with Crippen LogP contribution in [0.5, 0.6) is 0 Å². The summed E-state index contributed by atoms with van der Waals surface area (Å²) in [4.78, 5) is 12.9. The summed E-state index contributed by atoms with van der Waals surface area (Å²) in [5.74, 6) is -2.02. The number of carbonyl (C=O) groups excluding carboxylic acids is 1. The maximum Gasteiger partial charge on any atom is 0.311 e. The van der Waals surface area contributed by atoms with Crippen molar-refractivity contribution < 1.29 is 33.3 Å². The van der Waals surface area contributed by atoms with E-state index in [4.69, 9.17) is 23.4 Å². The molecule has 0 saturated carbocycles. The maximum atomic E-state index is 12.9. The van der Waals surface area contributed by atoms with E-state index in [-0.39, 0.29) is 31.5 Å². The summed E-state index contributed by atoms with van der Waals surface area (Å²) in [6.45, 7) is 11.1. The van der Waals surface area contributed by atoms with E-state index in [2.05, 4.69) is 20.8 Å². The molecule has 8 heteroatoms. The van der Waals surface area contributed by atoms with Gasteiger partial charge in [-0.3, -0.25) is 4.79 Å². The first-order valence-electron chi connectivity index (χ1n) is 14.1. The summed E-state index contributed by atoms with van der Waals surface area (Å²) in [6.07, 6.45) is 3.44. The summed E-state index contributed by atoms with van der Waals surface area (Å²) < 4.78 is 30.6. The normalized spacial score (nSPS) is 29.1. The topological polar surface area (TPSA) is 83.5 Å². The van der Waals surface area contributed by atoms with Gasteiger partial charge >= 0.3 is 5.97 Å². The third kappa shape index (κ3) is 9.44. The molecule has 2 saturated heterocycles. The van der Waals surface area contributed by atoms with E-state index >= 15 is 0 Å². The molecule has 3 rings (SSSR count). The minimum Gasteiger partial charge on any atom is -0.459 e. The van der Waals surface area contributed by atoms with Crippen molar-refractivity contribution in [2.45, 2.75) is 134 Å². The van der Waals surface area contributed by atoms with Crippen molar-refractivity contribution in [1.82, 2.24) is 0 Å². The predicted octanol–water partition coefficient (Wildman–Crippen LogP) is 6.09. The lowest BCUT2D eigenvalue weighted by Crippen LogP contribution is -2.52. The van der Waals surface area contributed by atoms with Crippen LogP contribution >= 0.6 is 0 Å². The molecular weight excluding hydrogens is 488 g/mol. The monoisotopic (exact) mass is 536 g/mol. The van der Waals surface area contributed by atoms with Crippen LogP contribution in [0.4, 0.5) is 0 Å². The van der Waals surface area contributed by atoms with Crippen LogP contribution < -0.4 is 0 Å². The highest BCUT2D eigenvalue weighted by Crippen LogP contribution is 2.38. The second-order valence-electron chi connectivity index (χ2n) is 11.4. The second kappa shape index (κ2) is 13.7. The van der Waals surface area contributed by atoms with E-state index < -0.39 is 25.7 Å². The Bertz CT molecular complexity index is 821. The number of hydrogen-bond donors (Lipinski definition) is 1. The Morgan fingerprint density at radius 2 is 1.73 bits per heavy atom. The molecule has 0 unspecified atom stereocenters. The SMILES string of the molecule is CC[Si](CC)(CC)O[C@@H]1C[C@@H]2CCC[C@H](OCOCc3ccccc3)CC(C)(C)OC(=O)C[C@](O)(C1)O2. The molecule has 7 nitrogen and oxygen atoms in total. The highest BCUT2D eigenvalue weighted by molar-refractivity contribution is 6.73. The summed E-state index contributed by atoms with van der Waals surface area (Å²) in [7, 11) is -1.87. The van der Waals surface area contributed by atoms with E-state index in [0.717, 1.165) is 49.4 Å². The summed E-state index contributed by atoms with van der Waals surface area (Å²) in [5.41, 5.74) is 0.356. The third-order valence-corrected chi connectivity index (χ3v) is 12.6. The summed E-state index contributed by atoms with van der Waals surface area (Å²) >= 11 is 0. The van der Waals surface area contributed by atoms with Gasteiger partial charge in [-0.15, -0.1) is 0 Å². The average molecular weight is 537 g/mol. The van der Waals surface area contributed by atoms with Gasteiger partial charge in [0.25, 0.3) is 0 Å². The lowest BCUT2D eigenvalue weighted by atomic mass is 9.91. The lowest BCUT2D eigenvalue weighted by Gasteiger charge is -2.44. The molecule has 210 valence electrons. The number of aliphatic hydroxyl groups is 1. The van der Waals surface area contributed by atoms with Gasteiger partial charge in [0.2, 0.25) is 0 Å². The van der Waals surface area contributed by atoms with Crippen LogP contribution in [0.1, 0.15) is 85.1 Å². The number of esters is 1. The minimum atomic E-state index is -1.87. The first-order valence-corrected chi connectivity index (χ1v) is 16.7. The summed E-state index contributed by atoms with van der Waals surface area (Å²) in [5, 5.41) is 11.4. The van der Waals surface area contributed by atoms with Gasteiger partial charge in [-0.2, -0.15) is 0 Å². The molecule has 0 amide bonds. The fraction of sp³-hybridized carbons (Fsp3) is 0.759. The molecule has 1 aromatic carbocycles. The van der Waals surface area contributed by atoms with Crippen LogP contribution in [0.25, 0.3) is 0 Å². The van der Waals surface area contributed by atoms with Crippen LogP contribution in [0.3, 0.4) is 0 Å². The molecular formula is C29H48O7Si. The molecule has 0 spiro atoms. The number of rotatable bonds is 10. The zero-order valence-electron chi connectivity index (χ0n) is 23.5. The van der Waals surface area contributed by atoms with Crippen molar-refractivity contribution in [2.75, 3.05) is 6.79 Å². The van der Waals surface area contributed by atoms with Gasteiger partial charge in [-0.05, 0) is 63.2 Å². The van der Waals surface area contributed by atoms with Crippen molar-refractivity contribution in [3.8, 4) is 0 Å². The first kappa shape index (κ1) is 30.3. The van der Waals surface area contributed by atoms with Crippen LogP contribution in [0.2, 0.25) is 18.1 Å². The van der Waals surface area contributed by atoms with Crippen molar-refractivity contribution in [3.63, 3.8) is 0 Å². The molecule has 2 bridgehead atoms. The highest BCUT2D eigenvalue weighted by Gasteiger charge is 2.46. The molecule has 1 aromatic rings. The van der Waals surface area contributed by atoms with Crippen molar-refractivity contribution in [1.29, 1.82) is 0 Å². The Morgan fingerprint density at radius 1 is 1.03 bits per heavy atom. The van der Waals surface area contributed by atoms with Gasteiger partial charge in [-0.25, -0.2) is 0 Å². The predicted molar refractivity (Wildman–Crippen MR) is 145 cm³/mol. The molecule has 1 N–H and O–H groups in total. The van der Waals surface area contributed by atoms with E-state index in [1.807, 2.05) is 44.2 Å². The van der Waals surface area contributed by atoms with Crippen molar-refractivity contribution in [3.05, 3.63) is 35.9 Å². The summed E-state index contributed by atoms with van der Waals surface area (Å²) in [6, 6.07) is 13.1. The zero-order chi connectivity index (χ0) is 26.9. The molecule has 37 heavy (non-hydrogen) atoms. The Hall–Kier alpha value is -1.29. The quantitative estimate of drug-likeness (QED) is 0.168. The molecule has 0 aromatic heterocycles. The fourth-order valence-electron chi connectivity index (χ4n) is 5.73. The maximum absolute atomic E-state index is 12.9. The van der Waals surface area contributed by atoms with Gasteiger partial charge in [0.05, 0.1) is 31.3 Å². The Balaban J connectivity index is 1.65. The molecule has 2 aliphatic heterocycles. The minimum absolute atomic E-state index is 0.113. The smallest absolute Gasteiger partial charge is 0.311 e. The fourth-order valence-corrected chi connectivity index (χ4v) is 8.61. The first-order chi connectivity index (χ1) is 17.6. The average Bonchev–Trinajstić information content (AvgIpc) is 2.84. The Kier molecular flexibility index (Phi) is 11.2. The van der Waals surface area contributed by atoms with Gasteiger partial charge < -0.3 is 28.5 Å². The van der Waals surface area contributed by atoms with E-state index in [9.17, 15) is 9.90 Å². The Labute approximate surface area is 224 Å². The molecule has 2 aliphatic rings. The number of benzene rings is 1.